The number of amides is 2. The molecule has 7 heteroatoms. The fraction of sp³-hybridized carbons (Fsp3) is 0.632. The van der Waals surface area contributed by atoms with Crippen molar-refractivity contribution >= 4 is 17.7 Å². The summed E-state index contributed by atoms with van der Waals surface area (Å²) >= 11 is 0. The number of hydrogen-bond acceptors (Lipinski definition) is 5. The molecule has 2 N–H and O–H groups in total. The summed E-state index contributed by atoms with van der Waals surface area (Å²) in [5.41, 5.74) is 1.43. The van der Waals surface area contributed by atoms with Gasteiger partial charge < -0.3 is 20.3 Å². The maximum absolute atomic E-state index is 12.4. The molecule has 2 fully saturated rings. The second-order valence-electron chi connectivity index (χ2n) is 7.02. The molecule has 1 aliphatic carbocycles. The van der Waals surface area contributed by atoms with Crippen molar-refractivity contribution in [2.24, 2.45) is 0 Å². The second-order valence-corrected chi connectivity index (χ2v) is 7.02. The molecule has 0 spiro atoms. The highest BCUT2D eigenvalue weighted by Crippen LogP contribution is 2.20. The number of carbonyl (C=O) groups excluding carboxylic acids is 2. The monoisotopic (exact) mass is 360 g/mol. The number of anilines is 1. The Bertz CT molecular complexity index is 623. The molecular weight excluding hydrogens is 332 g/mol. The summed E-state index contributed by atoms with van der Waals surface area (Å²) in [7, 11) is 0. The quantitative estimate of drug-likeness (QED) is 0.844. The lowest BCUT2D eigenvalue weighted by Gasteiger charge is -2.32. The minimum atomic E-state index is -0.238. The average Bonchev–Trinajstić information content (AvgIpc) is 3.16. The number of aromatic nitrogens is 1. The molecule has 0 unspecified atom stereocenters. The van der Waals surface area contributed by atoms with Crippen molar-refractivity contribution < 1.29 is 14.3 Å². The first kappa shape index (κ1) is 18.5. The van der Waals surface area contributed by atoms with E-state index < -0.39 is 0 Å². The molecule has 0 atom stereocenters. The fourth-order valence-electron chi connectivity index (χ4n) is 3.64. The van der Waals surface area contributed by atoms with Crippen molar-refractivity contribution in [1.82, 2.24) is 15.2 Å². The van der Waals surface area contributed by atoms with E-state index in [1.807, 2.05) is 13.0 Å². The van der Waals surface area contributed by atoms with Gasteiger partial charge in [0, 0.05) is 37.6 Å². The van der Waals surface area contributed by atoms with Crippen LogP contribution in [0.1, 0.15) is 55.8 Å². The molecule has 0 aromatic carbocycles. The Kier molecular flexibility index (Phi) is 6.30. The Balaban J connectivity index is 1.51. The summed E-state index contributed by atoms with van der Waals surface area (Å²) in [6.45, 7) is 3.56. The van der Waals surface area contributed by atoms with E-state index in [4.69, 9.17) is 4.74 Å². The molecule has 1 aliphatic heterocycles. The Morgan fingerprint density at radius 2 is 1.88 bits per heavy atom. The van der Waals surface area contributed by atoms with E-state index in [1.54, 1.807) is 17.3 Å². The lowest BCUT2D eigenvalue weighted by molar-refractivity contribution is 0.0935. The molecule has 1 aromatic rings. The third-order valence-corrected chi connectivity index (χ3v) is 5.08. The largest absolute Gasteiger partial charge is 0.450 e. The number of ether oxygens (including phenoxy) is 1. The van der Waals surface area contributed by atoms with Crippen molar-refractivity contribution in [2.75, 3.05) is 25.0 Å². The lowest BCUT2D eigenvalue weighted by Crippen LogP contribution is -2.42. The number of piperidine rings is 1. The zero-order valence-corrected chi connectivity index (χ0v) is 15.4. The molecule has 2 aliphatic rings. The predicted octanol–water partition coefficient (Wildman–Crippen LogP) is 2.79. The highest BCUT2D eigenvalue weighted by molar-refractivity contribution is 5.94. The van der Waals surface area contributed by atoms with Gasteiger partial charge in [-0.05, 0) is 38.7 Å². The van der Waals surface area contributed by atoms with E-state index in [1.165, 1.54) is 12.8 Å². The van der Waals surface area contributed by atoms with Gasteiger partial charge in [0.05, 0.1) is 17.9 Å². The van der Waals surface area contributed by atoms with Gasteiger partial charge in [0.1, 0.15) is 0 Å². The smallest absolute Gasteiger partial charge is 0.409 e. The van der Waals surface area contributed by atoms with E-state index in [0.29, 0.717) is 31.3 Å². The van der Waals surface area contributed by atoms with Gasteiger partial charge in [-0.3, -0.25) is 9.78 Å². The molecule has 1 aromatic heterocycles. The normalized spacial score (nSPS) is 18.6. The van der Waals surface area contributed by atoms with E-state index in [0.717, 1.165) is 31.4 Å². The molecule has 2 heterocycles. The molecule has 2 amide bonds. The van der Waals surface area contributed by atoms with Crippen LogP contribution in [0.25, 0.3) is 0 Å². The zero-order chi connectivity index (χ0) is 18.4. The van der Waals surface area contributed by atoms with E-state index in [9.17, 15) is 9.59 Å². The van der Waals surface area contributed by atoms with Gasteiger partial charge in [-0.25, -0.2) is 4.79 Å². The summed E-state index contributed by atoms with van der Waals surface area (Å²) in [6, 6.07) is 2.41. The molecule has 26 heavy (non-hydrogen) atoms. The third-order valence-electron chi connectivity index (χ3n) is 5.08. The number of nitrogens with zero attached hydrogens (tertiary/aromatic N) is 2. The van der Waals surface area contributed by atoms with Crippen LogP contribution < -0.4 is 10.6 Å². The molecule has 7 nitrogen and oxygen atoms in total. The summed E-state index contributed by atoms with van der Waals surface area (Å²) in [6.07, 6.45) is 9.31. The number of carbonyl (C=O) groups is 2. The number of pyridine rings is 1. The van der Waals surface area contributed by atoms with Crippen LogP contribution in [-0.4, -0.2) is 53.7 Å². The van der Waals surface area contributed by atoms with Gasteiger partial charge in [-0.1, -0.05) is 12.8 Å². The van der Waals surface area contributed by atoms with E-state index >= 15 is 0 Å². The standard InChI is InChI=1S/C19H28N4O3/c1-2-26-19(25)23-9-7-16(8-10-23)21-17-11-14(12-20-13-17)18(24)22-15-5-3-4-6-15/h11-13,15-16,21H,2-10H2,1H3,(H,22,24). The molecule has 0 radical (unpaired) electrons. The van der Waals surface area contributed by atoms with Crippen molar-refractivity contribution in [3.8, 4) is 0 Å². The van der Waals surface area contributed by atoms with E-state index in [-0.39, 0.29) is 18.0 Å². The summed E-state index contributed by atoms with van der Waals surface area (Å²) < 4.78 is 5.04. The zero-order valence-electron chi connectivity index (χ0n) is 15.4. The number of rotatable bonds is 5. The van der Waals surface area contributed by atoms with E-state index in [2.05, 4.69) is 15.6 Å². The minimum Gasteiger partial charge on any atom is -0.450 e. The van der Waals surface area contributed by atoms with Crippen LogP contribution in [0.4, 0.5) is 10.5 Å². The Hall–Kier alpha value is -2.31. The molecule has 142 valence electrons. The second kappa shape index (κ2) is 8.87. The SMILES string of the molecule is CCOC(=O)N1CCC(Nc2cncc(C(=O)NC3CCCC3)c2)CC1. The predicted molar refractivity (Wildman–Crippen MR) is 99.2 cm³/mol. The van der Waals surface area contributed by atoms with Crippen LogP contribution in [-0.2, 0) is 4.74 Å². The summed E-state index contributed by atoms with van der Waals surface area (Å²) in [5.74, 6) is -0.0508. The van der Waals surface area contributed by atoms with Crippen LogP contribution in [0.15, 0.2) is 18.5 Å². The lowest BCUT2D eigenvalue weighted by atomic mass is 10.0. The molecule has 1 saturated carbocycles. The van der Waals surface area contributed by atoms with Crippen LogP contribution in [0.2, 0.25) is 0 Å². The fourth-order valence-corrected chi connectivity index (χ4v) is 3.64. The van der Waals surface area contributed by atoms with Gasteiger partial charge >= 0.3 is 6.09 Å². The van der Waals surface area contributed by atoms with Gasteiger partial charge in [-0.2, -0.15) is 0 Å². The van der Waals surface area contributed by atoms with Crippen LogP contribution in [0.5, 0.6) is 0 Å². The van der Waals surface area contributed by atoms with Gasteiger partial charge in [-0.15, -0.1) is 0 Å². The Morgan fingerprint density at radius 3 is 2.58 bits per heavy atom. The van der Waals surface area contributed by atoms with Crippen LogP contribution in [0.3, 0.4) is 0 Å². The first-order chi connectivity index (χ1) is 12.7. The molecular formula is C19H28N4O3. The number of hydrogen-bond donors (Lipinski definition) is 2. The van der Waals surface area contributed by atoms with Crippen LogP contribution in [0, 0.1) is 0 Å². The Labute approximate surface area is 154 Å². The first-order valence-corrected chi connectivity index (χ1v) is 9.60. The van der Waals surface area contributed by atoms with Gasteiger partial charge in [0.2, 0.25) is 0 Å². The number of nitrogens with one attached hydrogen (secondary N) is 2. The number of likely N-dealkylation sites (tertiary alicyclic amines) is 1. The topological polar surface area (TPSA) is 83.6 Å². The highest BCUT2D eigenvalue weighted by atomic mass is 16.6. The van der Waals surface area contributed by atoms with Gasteiger partial charge in [0.25, 0.3) is 5.91 Å². The Morgan fingerprint density at radius 1 is 1.15 bits per heavy atom. The van der Waals surface area contributed by atoms with Crippen LogP contribution >= 0.6 is 0 Å². The van der Waals surface area contributed by atoms with Crippen molar-refractivity contribution in [3.05, 3.63) is 24.0 Å². The summed E-state index contributed by atoms with van der Waals surface area (Å²) in [5, 5.41) is 6.53. The van der Waals surface area contributed by atoms with Crippen molar-refractivity contribution in [1.29, 1.82) is 0 Å². The summed E-state index contributed by atoms with van der Waals surface area (Å²) in [4.78, 5) is 30.1. The average molecular weight is 360 g/mol. The molecule has 1 saturated heterocycles. The third kappa shape index (κ3) is 4.86. The van der Waals surface area contributed by atoms with Crippen molar-refractivity contribution in [2.45, 2.75) is 57.5 Å². The van der Waals surface area contributed by atoms with Gasteiger partial charge in [0.15, 0.2) is 0 Å². The maximum atomic E-state index is 12.4. The van der Waals surface area contributed by atoms with Crippen molar-refractivity contribution in [3.63, 3.8) is 0 Å². The molecule has 3 rings (SSSR count). The maximum Gasteiger partial charge on any atom is 0.409 e. The molecule has 0 bridgehead atoms. The first-order valence-electron chi connectivity index (χ1n) is 9.60. The minimum absolute atomic E-state index is 0.0508. The highest BCUT2D eigenvalue weighted by Gasteiger charge is 2.24.